The van der Waals surface area contributed by atoms with E-state index in [2.05, 4.69) is 9.97 Å². The third kappa shape index (κ3) is 3.27. The zero-order valence-electron chi connectivity index (χ0n) is 13.2. The van der Waals surface area contributed by atoms with Crippen LogP contribution in [-0.4, -0.2) is 30.4 Å². The van der Waals surface area contributed by atoms with Gasteiger partial charge in [0.2, 0.25) is 0 Å². The van der Waals surface area contributed by atoms with Crippen molar-refractivity contribution in [3.05, 3.63) is 45.4 Å². The van der Waals surface area contributed by atoms with Gasteiger partial charge in [-0.05, 0) is 18.7 Å². The average molecular weight is 320 g/mol. The molecular weight excluding hydrogens is 300 g/mol. The Morgan fingerprint density at radius 1 is 1.27 bits per heavy atom. The number of nitrogens with one attached hydrogen (secondary N) is 1. The summed E-state index contributed by atoms with van der Waals surface area (Å²) >= 11 is 1.43. The second-order valence-corrected chi connectivity index (χ2v) is 5.48. The molecule has 1 aromatic heterocycles. The molecule has 2 aromatic rings. The number of benzene rings is 1. The molecule has 0 atom stereocenters. The molecule has 1 heterocycles. The number of aryl methyl sites for hydroxylation is 1. The van der Waals surface area contributed by atoms with E-state index in [1.165, 1.54) is 11.8 Å². The molecule has 0 spiro atoms. The van der Waals surface area contributed by atoms with Crippen molar-refractivity contribution >= 4 is 11.8 Å². The zero-order valence-corrected chi connectivity index (χ0v) is 14.0. The van der Waals surface area contributed by atoms with Crippen LogP contribution < -0.4 is 15.0 Å². The molecule has 22 heavy (non-hydrogen) atoms. The SMILES string of the molecule is CCc1nc(SC)[nH]c(=O)c1Cc1cccc(OC)c1OC. The number of aromatic amines is 1. The summed E-state index contributed by atoms with van der Waals surface area (Å²) < 4.78 is 10.7. The molecule has 0 saturated carbocycles. The molecule has 2 rings (SSSR count). The van der Waals surface area contributed by atoms with Gasteiger partial charge in [-0.1, -0.05) is 30.8 Å². The Labute approximate surface area is 134 Å². The first-order valence-corrected chi connectivity index (χ1v) is 8.22. The van der Waals surface area contributed by atoms with E-state index in [1.807, 2.05) is 31.4 Å². The van der Waals surface area contributed by atoms with E-state index >= 15 is 0 Å². The smallest absolute Gasteiger partial charge is 0.255 e. The minimum absolute atomic E-state index is 0.0962. The van der Waals surface area contributed by atoms with Gasteiger partial charge < -0.3 is 14.5 Å². The van der Waals surface area contributed by atoms with Gasteiger partial charge in [-0.15, -0.1) is 0 Å². The third-order valence-electron chi connectivity index (χ3n) is 3.46. The molecule has 118 valence electrons. The van der Waals surface area contributed by atoms with Crippen molar-refractivity contribution in [1.82, 2.24) is 9.97 Å². The molecule has 0 unspecified atom stereocenters. The first-order chi connectivity index (χ1) is 10.6. The van der Waals surface area contributed by atoms with Crippen LogP contribution in [0.15, 0.2) is 28.2 Å². The van der Waals surface area contributed by atoms with E-state index in [-0.39, 0.29) is 5.56 Å². The third-order valence-corrected chi connectivity index (χ3v) is 4.04. The number of methoxy groups -OCH3 is 2. The summed E-state index contributed by atoms with van der Waals surface area (Å²) in [5, 5.41) is 0.642. The fraction of sp³-hybridized carbons (Fsp3) is 0.375. The van der Waals surface area contributed by atoms with Crippen molar-refractivity contribution in [2.45, 2.75) is 24.9 Å². The lowest BCUT2D eigenvalue weighted by Gasteiger charge is -2.13. The first kappa shape index (κ1) is 16.4. The minimum atomic E-state index is -0.0962. The van der Waals surface area contributed by atoms with Crippen molar-refractivity contribution in [3.8, 4) is 11.5 Å². The van der Waals surface area contributed by atoms with Gasteiger partial charge in [0.15, 0.2) is 16.7 Å². The zero-order chi connectivity index (χ0) is 16.1. The summed E-state index contributed by atoms with van der Waals surface area (Å²) in [4.78, 5) is 19.7. The summed E-state index contributed by atoms with van der Waals surface area (Å²) in [6.45, 7) is 2.00. The van der Waals surface area contributed by atoms with Crippen LogP contribution in [0, 0.1) is 0 Å². The van der Waals surface area contributed by atoms with Crippen LogP contribution in [0.4, 0.5) is 0 Å². The Kier molecular flexibility index (Phi) is 5.49. The highest BCUT2D eigenvalue weighted by molar-refractivity contribution is 7.98. The molecular formula is C16H20N2O3S. The lowest BCUT2D eigenvalue weighted by Crippen LogP contribution is -2.19. The normalized spacial score (nSPS) is 10.5. The molecule has 0 bridgehead atoms. The van der Waals surface area contributed by atoms with Crippen LogP contribution >= 0.6 is 11.8 Å². The maximum atomic E-state index is 12.4. The minimum Gasteiger partial charge on any atom is -0.493 e. The number of aromatic nitrogens is 2. The molecule has 0 aliphatic rings. The van der Waals surface area contributed by atoms with Crippen molar-refractivity contribution < 1.29 is 9.47 Å². The van der Waals surface area contributed by atoms with Crippen LogP contribution in [0.25, 0.3) is 0 Å². The molecule has 5 nitrogen and oxygen atoms in total. The Hall–Kier alpha value is -1.95. The van der Waals surface area contributed by atoms with E-state index in [9.17, 15) is 4.79 Å². The molecule has 0 amide bonds. The lowest BCUT2D eigenvalue weighted by atomic mass is 10.0. The Morgan fingerprint density at radius 3 is 2.64 bits per heavy atom. The number of thioether (sulfide) groups is 1. The topological polar surface area (TPSA) is 64.2 Å². The predicted molar refractivity (Wildman–Crippen MR) is 88.4 cm³/mol. The highest BCUT2D eigenvalue weighted by Gasteiger charge is 2.15. The van der Waals surface area contributed by atoms with Gasteiger partial charge in [0, 0.05) is 17.5 Å². The molecule has 6 heteroatoms. The fourth-order valence-corrected chi connectivity index (χ4v) is 2.77. The average Bonchev–Trinajstić information content (AvgIpc) is 2.55. The van der Waals surface area contributed by atoms with Crippen LogP contribution in [0.5, 0.6) is 11.5 Å². The summed E-state index contributed by atoms with van der Waals surface area (Å²) in [7, 11) is 3.20. The van der Waals surface area contributed by atoms with Crippen LogP contribution in [0.3, 0.4) is 0 Å². The summed E-state index contributed by atoms with van der Waals surface area (Å²) in [5.41, 5.74) is 2.30. The summed E-state index contributed by atoms with van der Waals surface area (Å²) in [5.74, 6) is 1.31. The number of para-hydroxylation sites is 1. The monoisotopic (exact) mass is 320 g/mol. The number of ether oxygens (including phenoxy) is 2. The van der Waals surface area contributed by atoms with Crippen molar-refractivity contribution in [3.63, 3.8) is 0 Å². The maximum Gasteiger partial charge on any atom is 0.255 e. The molecule has 0 aliphatic heterocycles. The lowest BCUT2D eigenvalue weighted by molar-refractivity contribution is 0.352. The number of H-pyrrole nitrogens is 1. The molecule has 0 saturated heterocycles. The van der Waals surface area contributed by atoms with Crippen molar-refractivity contribution in [2.75, 3.05) is 20.5 Å². The molecule has 1 N–H and O–H groups in total. The fourth-order valence-electron chi connectivity index (χ4n) is 2.38. The quantitative estimate of drug-likeness (QED) is 0.655. The van der Waals surface area contributed by atoms with Gasteiger partial charge in [-0.3, -0.25) is 4.79 Å². The Morgan fingerprint density at radius 2 is 2.05 bits per heavy atom. The Balaban J connectivity index is 2.50. The van der Waals surface area contributed by atoms with E-state index in [0.29, 0.717) is 35.1 Å². The Bertz CT molecular complexity index is 713. The number of nitrogens with zero attached hydrogens (tertiary/aromatic N) is 1. The second-order valence-electron chi connectivity index (χ2n) is 4.68. The highest BCUT2D eigenvalue weighted by atomic mass is 32.2. The summed E-state index contributed by atoms with van der Waals surface area (Å²) in [6.07, 6.45) is 3.06. The van der Waals surface area contributed by atoms with Gasteiger partial charge >= 0.3 is 0 Å². The van der Waals surface area contributed by atoms with Crippen LogP contribution in [0.2, 0.25) is 0 Å². The second kappa shape index (κ2) is 7.35. The number of hydrogen-bond acceptors (Lipinski definition) is 5. The molecule has 0 aliphatic carbocycles. The molecule has 0 fully saturated rings. The van der Waals surface area contributed by atoms with Crippen molar-refractivity contribution in [2.24, 2.45) is 0 Å². The van der Waals surface area contributed by atoms with E-state index < -0.39 is 0 Å². The van der Waals surface area contributed by atoms with Crippen LogP contribution in [0.1, 0.15) is 23.7 Å². The van der Waals surface area contributed by atoms with Crippen LogP contribution in [-0.2, 0) is 12.8 Å². The van der Waals surface area contributed by atoms with Crippen molar-refractivity contribution in [1.29, 1.82) is 0 Å². The van der Waals surface area contributed by atoms with Gasteiger partial charge in [0.05, 0.1) is 19.9 Å². The van der Waals surface area contributed by atoms with Gasteiger partial charge in [0.25, 0.3) is 5.56 Å². The van der Waals surface area contributed by atoms with E-state index in [1.54, 1.807) is 14.2 Å². The number of hydrogen-bond donors (Lipinski definition) is 1. The molecule has 0 radical (unpaired) electrons. The standard InChI is InChI=1S/C16H20N2O3S/c1-5-12-11(15(19)18-16(17-12)22-4)9-10-7-6-8-13(20-2)14(10)21-3/h6-8H,5,9H2,1-4H3,(H,17,18,19). The van der Waals surface area contributed by atoms with E-state index in [0.717, 1.165) is 11.3 Å². The first-order valence-electron chi connectivity index (χ1n) is 7.00. The predicted octanol–water partition coefficient (Wildman–Crippen LogP) is 2.66. The molecule has 1 aromatic carbocycles. The maximum absolute atomic E-state index is 12.4. The van der Waals surface area contributed by atoms with Gasteiger partial charge in [0.1, 0.15) is 0 Å². The largest absolute Gasteiger partial charge is 0.493 e. The van der Waals surface area contributed by atoms with Gasteiger partial charge in [-0.2, -0.15) is 0 Å². The highest BCUT2D eigenvalue weighted by Crippen LogP contribution is 2.32. The van der Waals surface area contributed by atoms with E-state index in [4.69, 9.17) is 9.47 Å². The summed E-state index contributed by atoms with van der Waals surface area (Å²) in [6, 6.07) is 5.66. The van der Waals surface area contributed by atoms with Gasteiger partial charge in [-0.25, -0.2) is 4.98 Å². The number of rotatable bonds is 6.